The Labute approximate surface area is 181 Å². The lowest BCUT2D eigenvalue weighted by molar-refractivity contribution is -0.146. The molecule has 0 spiro atoms. The van der Waals surface area contributed by atoms with Crippen molar-refractivity contribution < 1.29 is 19.1 Å². The topological polar surface area (TPSA) is 84.5 Å². The van der Waals surface area contributed by atoms with Gasteiger partial charge in [-0.25, -0.2) is 0 Å². The van der Waals surface area contributed by atoms with Crippen LogP contribution in [-0.4, -0.2) is 30.9 Å². The molecular weight excluding hydrogens is 392 g/mol. The van der Waals surface area contributed by atoms with Crippen LogP contribution >= 0.6 is 0 Å². The van der Waals surface area contributed by atoms with E-state index in [2.05, 4.69) is 10.6 Å². The molecule has 0 aliphatic rings. The predicted molar refractivity (Wildman–Crippen MR) is 120 cm³/mol. The number of rotatable bonds is 7. The van der Waals surface area contributed by atoms with Crippen molar-refractivity contribution in [3.8, 4) is 11.1 Å². The number of amides is 2. The molecule has 3 rings (SSSR count). The number of nitrogens with one attached hydrogen (secondary N) is 2. The van der Waals surface area contributed by atoms with Gasteiger partial charge in [-0.3, -0.25) is 14.4 Å². The van der Waals surface area contributed by atoms with Crippen LogP contribution in [0, 0.1) is 13.8 Å². The van der Waals surface area contributed by atoms with Gasteiger partial charge in [0.25, 0.3) is 11.8 Å². The molecule has 0 atom stereocenters. The summed E-state index contributed by atoms with van der Waals surface area (Å²) in [5.74, 6) is -1.52. The van der Waals surface area contributed by atoms with Gasteiger partial charge in [-0.15, -0.1) is 0 Å². The van der Waals surface area contributed by atoms with E-state index in [0.29, 0.717) is 11.3 Å². The molecule has 6 heteroatoms. The monoisotopic (exact) mass is 416 g/mol. The van der Waals surface area contributed by atoms with Crippen molar-refractivity contribution in [3.63, 3.8) is 0 Å². The van der Waals surface area contributed by atoms with E-state index >= 15 is 0 Å². The first-order chi connectivity index (χ1) is 14.9. The molecule has 0 fully saturated rings. The quantitative estimate of drug-likeness (QED) is 0.573. The van der Waals surface area contributed by atoms with E-state index in [-0.39, 0.29) is 6.54 Å². The Morgan fingerprint density at radius 2 is 1.52 bits per heavy atom. The fourth-order valence-electron chi connectivity index (χ4n) is 2.95. The summed E-state index contributed by atoms with van der Waals surface area (Å²) in [5, 5.41) is 5.22. The standard InChI is InChI=1S/C25H24N2O4/c1-17-8-9-18(2)22(14-17)27-23(28)16-31-24(29)15-26-25(30)21-12-10-20(11-13-21)19-6-4-3-5-7-19/h3-14H,15-16H2,1-2H3,(H,26,30)(H,27,28). The summed E-state index contributed by atoms with van der Waals surface area (Å²) in [6, 6.07) is 22.6. The lowest BCUT2D eigenvalue weighted by Gasteiger charge is -2.10. The Balaban J connectivity index is 1.44. The van der Waals surface area contributed by atoms with Crippen molar-refractivity contribution in [3.05, 3.63) is 89.5 Å². The zero-order valence-corrected chi connectivity index (χ0v) is 17.5. The van der Waals surface area contributed by atoms with Crippen molar-refractivity contribution in [2.75, 3.05) is 18.5 Å². The van der Waals surface area contributed by atoms with E-state index in [1.807, 2.05) is 74.5 Å². The van der Waals surface area contributed by atoms with Gasteiger partial charge in [-0.2, -0.15) is 0 Å². The molecule has 31 heavy (non-hydrogen) atoms. The molecule has 0 unspecified atom stereocenters. The van der Waals surface area contributed by atoms with Crippen LogP contribution in [0.5, 0.6) is 0 Å². The van der Waals surface area contributed by atoms with Gasteiger partial charge in [-0.1, -0.05) is 54.6 Å². The maximum absolute atomic E-state index is 12.2. The van der Waals surface area contributed by atoms with Crippen LogP contribution in [0.2, 0.25) is 0 Å². The molecule has 0 heterocycles. The minimum Gasteiger partial charge on any atom is -0.454 e. The van der Waals surface area contributed by atoms with Gasteiger partial charge in [0.15, 0.2) is 6.61 Å². The first kappa shape index (κ1) is 21.8. The molecule has 6 nitrogen and oxygen atoms in total. The molecule has 158 valence electrons. The van der Waals surface area contributed by atoms with Crippen molar-refractivity contribution in [2.24, 2.45) is 0 Å². The normalized spacial score (nSPS) is 10.3. The third kappa shape index (κ3) is 6.27. The zero-order chi connectivity index (χ0) is 22.2. The van der Waals surface area contributed by atoms with Crippen molar-refractivity contribution in [1.29, 1.82) is 0 Å². The van der Waals surface area contributed by atoms with Crippen molar-refractivity contribution in [1.82, 2.24) is 5.32 Å². The predicted octanol–water partition coefficient (Wildman–Crippen LogP) is 3.88. The zero-order valence-electron chi connectivity index (χ0n) is 17.5. The molecule has 2 N–H and O–H groups in total. The highest BCUT2D eigenvalue weighted by molar-refractivity contribution is 5.97. The van der Waals surface area contributed by atoms with Crippen molar-refractivity contribution >= 4 is 23.5 Å². The highest BCUT2D eigenvalue weighted by Crippen LogP contribution is 2.19. The number of hydrogen-bond donors (Lipinski definition) is 2. The smallest absolute Gasteiger partial charge is 0.325 e. The number of aryl methyl sites for hydroxylation is 2. The summed E-state index contributed by atoms with van der Waals surface area (Å²) in [7, 11) is 0. The molecule has 0 aromatic heterocycles. The summed E-state index contributed by atoms with van der Waals surface area (Å²) in [6.07, 6.45) is 0. The first-order valence-corrected chi connectivity index (χ1v) is 9.89. The van der Waals surface area contributed by atoms with Gasteiger partial charge in [0, 0.05) is 11.3 Å². The number of hydrogen-bond acceptors (Lipinski definition) is 4. The maximum atomic E-state index is 12.2. The van der Waals surface area contributed by atoms with E-state index in [1.165, 1.54) is 0 Å². The Kier molecular flexibility index (Phi) is 7.17. The SMILES string of the molecule is Cc1ccc(C)c(NC(=O)COC(=O)CNC(=O)c2ccc(-c3ccccc3)cc2)c1. The first-order valence-electron chi connectivity index (χ1n) is 9.89. The minimum absolute atomic E-state index is 0.323. The number of benzene rings is 3. The van der Waals surface area contributed by atoms with Crippen molar-refractivity contribution in [2.45, 2.75) is 13.8 Å². The molecule has 0 radical (unpaired) electrons. The third-order valence-electron chi connectivity index (χ3n) is 4.68. The van der Waals surface area contributed by atoms with Crippen LogP contribution < -0.4 is 10.6 Å². The largest absolute Gasteiger partial charge is 0.454 e. The van der Waals surface area contributed by atoms with Gasteiger partial charge in [-0.05, 0) is 54.3 Å². The molecule has 0 saturated heterocycles. The van der Waals surface area contributed by atoms with Crippen LogP contribution in [0.15, 0.2) is 72.8 Å². The van der Waals surface area contributed by atoms with Gasteiger partial charge in [0.2, 0.25) is 0 Å². The number of esters is 1. The summed E-state index contributed by atoms with van der Waals surface area (Å²) < 4.78 is 4.94. The molecular formula is C25H24N2O4. The van der Waals surface area contributed by atoms with Gasteiger partial charge in [0.05, 0.1) is 0 Å². The number of ether oxygens (including phenoxy) is 1. The summed E-state index contributed by atoms with van der Waals surface area (Å²) >= 11 is 0. The van der Waals surface area contributed by atoms with E-state index in [4.69, 9.17) is 4.74 Å². The second kappa shape index (κ2) is 10.2. The molecule has 0 bridgehead atoms. The highest BCUT2D eigenvalue weighted by Gasteiger charge is 2.12. The van der Waals surface area contributed by atoms with Crippen LogP contribution in [0.1, 0.15) is 21.5 Å². The molecule has 0 saturated carbocycles. The van der Waals surface area contributed by atoms with E-state index in [1.54, 1.807) is 12.1 Å². The van der Waals surface area contributed by atoms with Crippen LogP contribution in [0.4, 0.5) is 5.69 Å². The van der Waals surface area contributed by atoms with E-state index in [9.17, 15) is 14.4 Å². The highest BCUT2D eigenvalue weighted by atomic mass is 16.5. The number of carbonyl (C=O) groups is 3. The van der Waals surface area contributed by atoms with Gasteiger partial charge < -0.3 is 15.4 Å². The molecule has 0 aliphatic carbocycles. The Hall–Kier alpha value is -3.93. The Morgan fingerprint density at radius 1 is 0.839 bits per heavy atom. The lowest BCUT2D eigenvalue weighted by atomic mass is 10.0. The van der Waals surface area contributed by atoms with E-state index < -0.39 is 24.4 Å². The summed E-state index contributed by atoms with van der Waals surface area (Å²) in [4.78, 5) is 36.1. The number of anilines is 1. The molecule has 0 aliphatic heterocycles. The average molecular weight is 416 g/mol. The Bertz CT molecular complexity index is 1080. The fraction of sp³-hybridized carbons (Fsp3) is 0.160. The fourth-order valence-corrected chi connectivity index (χ4v) is 2.95. The lowest BCUT2D eigenvalue weighted by Crippen LogP contribution is -2.32. The van der Waals surface area contributed by atoms with Gasteiger partial charge in [0.1, 0.15) is 6.54 Å². The Morgan fingerprint density at radius 3 is 2.23 bits per heavy atom. The second-order valence-electron chi connectivity index (χ2n) is 7.15. The average Bonchev–Trinajstić information content (AvgIpc) is 2.79. The second-order valence-corrected chi connectivity index (χ2v) is 7.15. The number of carbonyl (C=O) groups excluding carboxylic acids is 3. The van der Waals surface area contributed by atoms with Gasteiger partial charge >= 0.3 is 5.97 Å². The molecule has 2 amide bonds. The minimum atomic E-state index is -0.689. The van der Waals surface area contributed by atoms with E-state index in [0.717, 1.165) is 22.3 Å². The van der Waals surface area contributed by atoms with Crippen LogP contribution in [0.25, 0.3) is 11.1 Å². The molecule has 3 aromatic rings. The third-order valence-corrected chi connectivity index (χ3v) is 4.68. The molecule has 3 aromatic carbocycles. The van der Waals surface area contributed by atoms with Crippen LogP contribution in [0.3, 0.4) is 0 Å². The van der Waals surface area contributed by atoms with Crippen LogP contribution in [-0.2, 0) is 14.3 Å². The summed E-state index contributed by atoms with van der Waals surface area (Å²) in [6.45, 7) is 3.06. The maximum Gasteiger partial charge on any atom is 0.325 e. The summed E-state index contributed by atoms with van der Waals surface area (Å²) in [5.41, 5.74) is 5.07.